The maximum atomic E-state index is 12.9. The molecule has 2 aromatic carbocycles. The van der Waals surface area contributed by atoms with Crippen LogP contribution in [0.25, 0.3) is 6.08 Å². The Morgan fingerprint density at radius 1 is 1.13 bits per heavy atom. The lowest BCUT2D eigenvalue weighted by Crippen LogP contribution is -2.68. The van der Waals surface area contributed by atoms with E-state index in [2.05, 4.69) is 22.3 Å². The van der Waals surface area contributed by atoms with Crippen LogP contribution in [-0.2, 0) is 19.7 Å². The third-order valence-corrected chi connectivity index (χ3v) is 8.52. The SMILES string of the molecule is COc1cccc([C@@]23CCN(CC4CC4)C[C@@]2(OC(C)=O)CC[C@@H](NC(=O)C=Cc2cccc(O)c2)C3)c1. The van der Waals surface area contributed by atoms with Gasteiger partial charge in [-0.2, -0.15) is 0 Å². The lowest BCUT2D eigenvalue weighted by molar-refractivity contribution is -0.187. The summed E-state index contributed by atoms with van der Waals surface area (Å²) in [6.45, 7) is 4.19. The Labute approximate surface area is 224 Å². The molecule has 1 heterocycles. The molecule has 5 rings (SSSR count). The Kier molecular flexibility index (Phi) is 7.48. The van der Waals surface area contributed by atoms with Gasteiger partial charge in [-0.25, -0.2) is 0 Å². The van der Waals surface area contributed by atoms with Gasteiger partial charge in [-0.3, -0.25) is 14.5 Å². The van der Waals surface area contributed by atoms with Gasteiger partial charge in [-0.15, -0.1) is 0 Å². The average Bonchev–Trinajstić information content (AvgIpc) is 3.71. The van der Waals surface area contributed by atoms with Crippen LogP contribution in [0, 0.1) is 5.92 Å². The van der Waals surface area contributed by atoms with Crippen LogP contribution in [0.5, 0.6) is 11.5 Å². The van der Waals surface area contributed by atoms with E-state index in [4.69, 9.17) is 9.47 Å². The number of likely N-dealkylation sites (tertiary alicyclic amines) is 1. The second-order valence-electron chi connectivity index (χ2n) is 11.2. The largest absolute Gasteiger partial charge is 0.508 e. The highest BCUT2D eigenvalue weighted by atomic mass is 16.6. The van der Waals surface area contributed by atoms with Gasteiger partial charge in [0.15, 0.2) is 0 Å². The van der Waals surface area contributed by atoms with E-state index < -0.39 is 11.0 Å². The molecule has 2 N–H and O–H groups in total. The Hall–Kier alpha value is -3.32. The predicted octanol–water partition coefficient (Wildman–Crippen LogP) is 4.44. The third kappa shape index (κ3) is 5.58. The van der Waals surface area contributed by atoms with Crippen LogP contribution in [0.15, 0.2) is 54.6 Å². The maximum Gasteiger partial charge on any atom is 0.303 e. The number of phenolic OH excluding ortho intramolecular Hbond substituents is 1. The molecule has 2 aromatic rings. The molecule has 2 aliphatic carbocycles. The summed E-state index contributed by atoms with van der Waals surface area (Å²) < 4.78 is 11.9. The summed E-state index contributed by atoms with van der Waals surface area (Å²) in [5.74, 6) is 1.25. The molecule has 3 atom stereocenters. The Bertz CT molecular complexity index is 1210. The lowest BCUT2D eigenvalue weighted by Gasteiger charge is -2.59. The number of phenols is 1. The van der Waals surface area contributed by atoms with E-state index in [1.165, 1.54) is 25.8 Å². The number of ether oxygens (including phenoxy) is 2. The van der Waals surface area contributed by atoms with Crippen LogP contribution in [0.3, 0.4) is 0 Å². The topological polar surface area (TPSA) is 88.1 Å². The van der Waals surface area contributed by atoms with Crippen LogP contribution in [0.2, 0.25) is 0 Å². The molecule has 0 aromatic heterocycles. The number of aromatic hydroxyl groups is 1. The molecular formula is C31H38N2O5. The zero-order valence-electron chi connectivity index (χ0n) is 22.3. The van der Waals surface area contributed by atoms with E-state index in [-0.39, 0.29) is 23.7 Å². The summed E-state index contributed by atoms with van der Waals surface area (Å²) in [4.78, 5) is 28.0. The summed E-state index contributed by atoms with van der Waals surface area (Å²) in [5.41, 5.74) is 0.738. The smallest absolute Gasteiger partial charge is 0.303 e. The second-order valence-corrected chi connectivity index (χ2v) is 11.2. The van der Waals surface area contributed by atoms with Crippen molar-refractivity contribution < 1.29 is 24.2 Å². The first-order chi connectivity index (χ1) is 18.3. The number of carbonyl (C=O) groups is 2. The number of nitrogens with zero attached hydrogens (tertiary/aromatic N) is 1. The van der Waals surface area contributed by atoms with E-state index in [0.29, 0.717) is 19.4 Å². The number of nitrogens with one attached hydrogen (secondary N) is 1. The monoisotopic (exact) mass is 518 g/mol. The first-order valence-corrected chi connectivity index (χ1v) is 13.6. The number of amides is 1. The van der Waals surface area contributed by atoms with Gasteiger partial charge >= 0.3 is 5.97 Å². The highest BCUT2D eigenvalue weighted by molar-refractivity contribution is 5.92. The molecule has 0 unspecified atom stereocenters. The normalized spacial score (nSPS) is 27.5. The number of esters is 1. The van der Waals surface area contributed by atoms with E-state index >= 15 is 0 Å². The van der Waals surface area contributed by atoms with Crippen molar-refractivity contribution in [1.82, 2.24) is 10.2 Å². The number of carbonyl (C=O) groups excluding carboxylic acids is 2. The highest BCUT2D eigenvalue weighted by Crippen LogP contribution is 2.54. The first kappa shape index (κ1) is 26.3. The molecule has 0 radical (unpaired) electrons. The van der Waals surface area contributed by atoms with Crippen molar-refractivity contribution >= 4 is 18.0 Å². The maximum absolute atomic E-state index is 12.9. The number of hydrogen-bond donors (Lipinski definition) is 2. The summed E-state index contributed by atoms with van der Waals surface area (Å²) in [5, 5.41) is 12.9. The number of piperidine rings is 1. The van der Waals surface area contributed by atoms with Crippen LogP contribution in [-0.4, -0.2) is 60.3 Å². The molecule has 0 bridgehead atoms. The van der Waals surface area contributed by atoms with Crippen molar-refractivity contribution in [3.05, 3.63) is 65.7 Å². The van der Waals surface area contributed by atoms with Crippen LogP contribution in [0.4, 0.5) is 0 Å². The molecule has 202 valence electrons. The summed E-state index contributed by atoms with van der Waals surface area (Å²) in [7, 11) is 1.66. The minimum absolute atomic E-state index is 0.0683. The van der Waals surface area contributed by atoms with E-state index in [9.17, 15) is 14.7 Å². The van der Waals surface area contributed by atoms with Crippen molar-refractivity contribution in [3.63, 3.8) is 0 Å². The number of hydrogen-bond acceptors (Lipinski definition) is 6. The third-order valence-electron chi connectivity index (χ3n) is 8.52. The fourth-order valence-corrected chi connectivity index (χ4v) is 6.60. The zero-order valence-corrected chi connectivity index (χ0v) is 22.3. The molecular weight excluding hydrogens is 480 g/mol. The number of methoxy groups -OCH3 is 1. The van der Waals surface area contributed by atoms with Crippen molar-refractivity contribution in [2.75, 3.05) is 26.7 Å². The minimum atomic E-state index is -0.670. The molecule has 1 amide bonds. The lowest BCUT2D eigenvalue weighted by atomic mass is 9.55. The fraction of sp³-hybridized carbons (Fsp3) is 0.484. The van der Waals surface area contributed by atoms with Gasteiger partial charge in [0.05, 0.1) is 7.11 Å². The number of benzene rings is 2. The Morgan fingerprint density at radius 2 is 1.95 bits per heavy atom. The van der Waals surface area contributed by atoms with Crippen LogP contribution < -0.4 is 10.1 Å². The standard InChI is InChI=1S/C31H38N2O5/c1-22(34)38-31-14-13-26(32-29(36)12-11-23-5-3-7-27(35)17-23)19-30(31,25-6-4-8-28(18-25)37-2)15-16-33(21-31)20-24-9-10-24/h3-8,11-12,17-18,24,26,35H,9-10,13-16,19-21H2,1-2H3,(H,32,36)/t26-,30+,31+/m1/s1. The summed E-state index contributed by atoms with van der Waals surface area (Å²) in [6, 6.07) is 14.8. The molecule has 1 saturated heterocycles. The van der Waals surface area contributed by atoms with Crippen LogP contribution in [0.1, 0.15) is 56.6 Å². The van der Waals surface area contributed by atoms with Gasteiger partial charge in [0.2, 0.25) is 5.91 Å². The zero-order chi connectivity index (χ0) is 26.8. The van der Waals surface area contributed by atoms with Crippen molar-refractivity contribution in [1.29, 1.82) is 0 Å². The Balaban J connectivity index is 1.43. The molecule has 2 saturated carbocycles. The van der Waals surface area contributed by atoms with Gasteiger partial charge in [0, 0.05) is 37.5 Å². The predicted molar refractivity (Wildman–Crippen MR) is 146 cm³/mol. The molecule has 1 aliphatic heterocycles. The van der Waals surface area contributed by atoms with Gasteiger partial charge in [-0.05, 0) is 92.5 Å². The molecule has 3 fully saturated rings. The van der Waals surface area contributed by atoms with Gasteiger partial charge in [0.25, 0.3) is 0 Å². The molecule has 7 heteroatoms. The van der Waals surface area contributed by atoms with Gasteiger partial charge in [-0.1, -0.05) is 24.3 Å². The average molecular weight is 519 g/mol. The summed E-state index contributed by atoms with van der Waals surface area (Å²) in [6.07, 6.45) is 8.69. The molecule has 3 aliphatic rings. The van der Waals surface area contributed by atoms with Gasteiger partial charge < -0.3 is 19.9 Å². The highest BCUT2D eigenvalue weighted by Gasteiger charge is 2.61. The summed E-state index contributed by atoms with van der Waals surface area (Å²) >= 11 is 0. The first-order valence-electron chi connectivity index (χ1n) is 13.6. The molecule has 7 nitrogen and oxygen atoms in total. The second kappa shape index (κ2) is 10.8. The minimum Gasteiger partial charge on any atom is -0.508 e. The van der Waals surface area contributed by atoms with Crippen LogP contribution >= 0.6 is 0 Å². The van der Waals surface area contributed by atoms with E-state index in [1.807, 2.05) is 18.2 Å². The fourth-order valence-electron chi connectivity index (χ4n) is 6.60. The van der Waals surface area contributed by atoms with E-state index in [0.717, 1.165) is 48.7 Å². The number of fused-ring (bicyclic) bond motifs is 1. The van der Waals surface area contributed by atoms with Crippen molar-refractivity contribution in [2.24, 2.45) is 5.92 Å². The van der Waals surface area contributed by atoms with E-state index in [1.54, 1.807) is 31.4 Å². The van der Waals surface area contributed by atoms with Gasteiger partial charge in [0.1, 0.15) is 17.1 Å². The van der Waals surface area contributed by atoms with Crippen molar-refractivity contribution in [3.8, 4) is 11.5 Å². The quantitative estimate of drug-likeness (QED) is 0.397. The van der Waals surface area contributed by atoms with Crippen molar-refractivity contribution in [2.45, 2.75) is 62.5 Å². The molecule has 0 spiro atoms. The number of rotatable bonds is 8. The Morgan fingerprint density at radius 3 is 2.68 bits per heavy atom. The molecule has 38 heavy (non-hydrogen) atoms.